The lowest BCUT2D eigenvalue weighted by atomic mass is 10.2. The lowest BCUT2D eigenvalue weighted by Gasteiger charge is -1.96. The van der Waals surface area contributed by atoms with E-state index in [1.54, 1.807) is 12.3 Å². The number of amides is 1. The summed E-state index contributed by atoms with van der Waals surface area (Å²) in [6, 6.07) is 19.7. The zero-order valence-electron chi connectivity index (χ0n) is 13.8. The van der Waals surface area contributed by atoms with Gasteiger partial charge < -0.3 is 0 Å². The Kier molecular flexibility index (Phi) is 6.69. The molecule has 0 saturated carbocycles. The van der Waals surface area contributed by atoms with Gasteiger partial charge in [-0.25, -0.2) is 5.43 Å². The predicted octanol–water partition coefficient (Wildman–Crippen LogP) is 4.11. The fourth-order valence-corrected chi connectivity index (χ4v) is 3.65. The molecule has 130 valence electrons. The third-order valence-electron chi connectivity index (χ3n) is 3.19. The van der Waals surface area contributed by atoms with E-state index in [1.165, 1.54) is 23.1 Å². The van der Waals surface area contributed by atoms with Crippen LogP contribution >= 0.6 is 23.1 Å². The molecule has 0 saturated heterocycles. The second kappa shape index (κ2) is 9.65. The Morgan fingerprint density at radius 2 is 1.81 bits per heavy atom. The molecular weight excluding hydrogens is 364 g/mol. The molecule has 5 nitrogen and oxygen atoms in total. The molecule has 1 aromatic heterocycles. The van der Waals surface area contributed by atoms with Crippen LogP contribution in [0.5, 0.6) is 0 Å². The van der Waals surface area contributed by atoms with Gasteiger partial charge in [0.1, 0.15) is 5.01 Å². The largest absolute Gasteiger partial charge is 0.272 e. The molecule has 3 rings (SSSR count). The van der Waals surface area contributed by atoms with Crippen molar-refractivity contribution in [1.82, 2.24) is 15.6 Å². The second-order valence-corrected chi connectivity index (χ2v) is 7.31. The monoisotopic (exact) mass is 380 g/mol. The first-order valence-electron chi connectivity index (χ1n) is 7.86. The van der Waals surface area contributed by atoms with Crippen molar-refractivity contribution in [2.75, 3.05) is 5.75 Å². The molecule has 1 heterocycles. The first-order chi connectivity index (χ1) is 12.8. The Balaban J connectivity index is 1.42. The number of hydrogen-bond donors (Lipinski definition) is 1. The van der Waals surface area contributed by atoms with Gasteiger partial charge in [0.2, 0.25) is 0 Å². The van der Waals surface area contributed by atoms with E-state index in [9.17, 15) is 4.79 Å². The molecule has 0 aliphatic heterocycles. The standard InChI is InChI=1S/C19H16N4OS2/c24-17(21-20-13-7-10-15-8-3-1-4-9-15)14-25-19-23-22-18(26-19)16-11-5-2-6-12-16/h1-13H,14H2,(H,21,24)/b10-7+,20-13?. The van der Waals surface area contributed by atoms with Crippen molar-refractivity contribution >= 4 is 41.3 Å². The van der Waals surface area contributed by atoms with Crippen molar-refractivity contribution in [3.8, 4) is 10.6 Å². The molecule has 0 aliphatic rings. The van der Waals surface area contributed by atoms with Crippen molar-refractivity contribution in [3.05, 3.63) is 72.3 Å². The highest BCUT2D eigenvalue weighted by atomic mass is 32.2. The number of rotatable bonds is 7. The number of thioether (sulfide) groups is 1. The fourth-order valence-electron chi connectivity index (χ4n) is 2.00. The van der Waals surface area contributed by atoms with Gasteiger partial charge in [0.15, 0.2) is 4.34 Å². The SMILES string of the molecule is O=C(CSc1nnc(-c2ccccc2)s1)NN=C/C=C/c1ccccc1. The van der Waals surface area contributed by atoms with Gasteiger partial charge >= 0.3 is 0 Å². The van der Waals surface area contributed by atoms with Crippen molar-refractivity contribution in [1.29, 1.82) is 0 Å². The van der Waals surface area contributed by atoms with Gasteiger partial charge in [-0.2, -0.15) is 5.10 Å². The minimum atomic E-state index is -0.184. The number of benzene rings is 2. The van der Waals surface area contributed by atoms with E-state index in [0.717, 1.165) is 20.5 Å². The Morgan fingerprint density at radius 1 is 1.08 bits per heavy atom. The topological polar surface area (TPSA) is 67.2 Å². The summed E-state index contributed by atoms with van der Waals surface area (Å²) < 4.78 is 0.756. The summed E-state index contributed by atoms with van der Waals surface area (Å²) in [5.41, 5.74) is 4.59. The summed E-state index contributed by atoms with van der Waals surface area (Å²) in [6.07, 6.45) is 5.24. The average molecular weight is 380 g/mol. The van der Waals surface area contributed by atoms with Crippen molar-refractivity contribution in [2.24, 2.45) is 5.10 Å². The third kappa shape index (κ3) is 5.65. The van der Waals surface area contributed by atoms with E-state index < -0.39 is 0 Å². The first kappa shape index (κ1) is 18.0. The van der Waals surface area contributed by atoms with Gasteiger partial charge in [0.05, 0.1) is 5.75 Å². The molecule has 7 heteroatoms. The van der Waals surface area contributed by atoms with Crippen LogP contribution < -0.4 is 5.43 Å². The lowest BCUT2D eigenvalue weighted by Crippen LogP contribution is -2.19. The molecule has 0 atom stereocenters. The van der Waals surface area contributed by atoms with Gasteiger partial charge in [-0.1, -0.05) is 89.8 Å². The van der Waals surface area contributed by atoms with Gasteiger partial charge in [-0.05, 0) is 11.6 Å². The quantitative estimate of drug-likeness (QED) is 0.380. The molecule has 0 bridgehead atoms. The molecule has 1 N–H and O–H groups in total. The van der Waals surface area contributed by atoms with Gasteiger partial charge in [0.25, 0.3) is 5.91 Å². The minimum absolute atomic E-state index is 0.184. The van der Waals surface area contributed by atoms with E-state index in [4.69, 9.17) is 0 Å². The number of nitrogens with zero attached hydrogens (tertiary/aromatic N) is 3. The summed E-state index contributed by atoms with van der Waals surface area (Å²) in [7, 11) is 0. The summed E-state index contributed by atoms with van der Waals surface area (Å²) in [4.78, 5) is 11.8. The van der Waals surface area contributed by atoms with E-state index in [1.807, 2.05) is 66.7 Å². The van der Waals surface area contributed by atoms with E-state index >= 15 is 0 Å². The van der Waals surface area contributed by atoms with Crippen LogP contribution in [0.3, 0.4) is 0 Å². The van der Waals surface area contributed by atoms with Crippen molar-refractivity contribution < 1.29 is 4.79 Å². The molecule has 1 amide bonds. The van der Waals surface area contributed by atoms with Crippen LogP contribution in [0.1, 0.15) is 5.56 Å². The molecular formula is C19H16N4OS2. The zero-order valence-corrected chi connectivity index (χ0v) is 15.4. The smallest absolute Gasteiger partial charge is 0.250 e. The van der Waals surface area contributed by atoms with Crippen LogP contribution in [-0.2, 0) is 4.79 Å². The summed E-state index contributed by atoms with van der Waals surface area (Å²) >= 11 is 2.81. The number of hydrazone groups is 1. The highest BCUT2D eigenvalue weighted by Crippen LogP contribution is 2.28. The summed E-state index contributed by atoms with van der Waals surface area (Å²) in [5, 5.41) is 13.0. The normalized spacial score (nSPS) is 11.2. The molecule has 2 aromatic carbocycles. The minimum Gasteiger partial charge on any atom is -0.272 e. The molecule has 26 heavy (non-hydrogen) atoms. The average Bonchev–Trinajstić information content (AvgIpc) is 3.17. The van der Waals surface area contributed by atoms with E-state index in [-0.39, 0.29) is 11.7 Å². The zero-order chi connectivity index (χ0) is 18.0. The number of carbonyl (C=O) groups is 1. The second-order valence-electron chi connectivity index (χ2n) is 5.11. The van der Waals surface area contributed by atoms with E-state index in [2.05, 4.69) is 20.7 Å². The molecule has 0 spiro atoms. The maximum atomic E-state index is 11.8. The molecule has 0 radical (unpaired) electrons. The van der Waals surface area contributed by atoms with Gasteiger partial charge in [-0.15, -0.1) is 10.2 Å². The van der Waals surface area contributed by atoms with Crippen LogP contribution in [0.25, 0.3) is 16.6 Å². The number of allylic oxidation sites excluding steroid dienone is 1. The highest BCUT2D eigenvalue weighted by molar-refractivity contribution is 8.01. The summed E-state index contributed by atoms with van der Waals surface area (Å²) in [6.45, 7) is 0. The molecule has 3 aromatic rings. The van der Waals surface area contributed by atoms with Crippen LogP contribution in [0.2, 0.25) is 0 Å². The van der Waals surface area contributed by atoms with Crippen LogP contribution in [0.4, 0.5) is 0 Å². The van der Waals surface area contributed by atoms with Crippen molar-refractivity contribution in [2.45, 2.75) is 4.34 Å². The molecule has 0 fully saturated rings. The Hall–Kier alpha value is -2.77. The third-order valence-corrected chi connectivity index (χ3v) is 5.30. The van der Waals surface area contributed by atoms with Crippen molar-refractivity contribution in [3.63, 3.8) is 0 Å². The van der Waals surface area contributed by atoms with E-state index in [0.29, 0.717) is 0 Å². The van der Waals surface area contributed by atoms with Gasteiger partial charge in [0, 0.05) is 11.8 Å². The van der Waals surface area contributed by atoms with Crippen LogP contribution in [0, 0.1) is 0 Å². The van der Waals surface area contributed by atoms with Crippen LogP contribution in [-0.4, -0.2) is 28.1 Å². The number of carbonyl (C=O) groups excluding carboxylic acids is 1. The Morgan fingerprint density at radius 3 is 2.58 bits per heavy atom. The fraction of sp³-hybridized carbons (Fsp3) is 0.0526. The summed E-state index contributed by atoms with van der Waals surface area (Å²) in [5.74, 6) is 0.0548. The first-order valence-corrected chi connectivity index (χ1v) is 9.67. The number of hydrogen-bond acceptors (Lipinski definition) is 6. The molecule has 0 unspecified atom stereocenters. The lowest BCUT2D eigenvalue weighted by molar-refractivity contribution is -0.118. The molecule has 0 aliphatic carbocycles. The predicted molar refractivity (Wildman–Crippen MR) is 108 cm³/mol. The maximum Gasteiger partial charge on any atom is 0.250 e. The van der Waals surface area contributed by atoms with Gasteiger partial charge in [-0.3, -0.25) is 4.79 Å². The highest BCUT2D eigenvalue weighted by Gasteiger charge is 2.08. The van der Waals surface area contributed by atoms with Crippen LogP contribution in [0.15, 0.2) is 76.2 Å². The Bertz CT molecular complexity index is 892. The number of aromatic nitrogens is 2. The number of nitrogens with one attached hydrogen (secondary N) is 1. The maximum absolute atomic E-state index is 11.8. The Labute approximate surface area is 159 Å².